The van der Waals surface area contributed by atoms with Crippen LogP contribution in [0.15, 0.2) is 36.4 Å². The van der Waals surface area contributed by atoms with Crippen LogP contribution in [0.4, 0.5) is 24.5 Å². The Morgan fingerprint density at radius 3 is 2.38 bits per heavy atom. The smallest absolute Gasteiger partial charge is 0.405 e. The maximum absolute atomic E-state index is 12.8. The quantitative estimate of drug-likeness (QED) is 0.255. The van der Waals surface area contributed by atoms with Crippen LogP contribution < -0.4 is 16.0 Å². The van der Waals surface area contributed by atoms with Gasteiger partial charge >= 0.3 is 6.18 Å². The molecule has 0 radical (unpaired) electrons. The minimum absolute atomic E-state index is 0.000848. The summed E-state index contributed by atoms with van der Waals surface area (Å²) in [5.74, 6) is -1.94. The fourth-order valence-electron chi connectivity index (χ4n) is 4.63. The van der Waals surface area contributed by atoms with Crippen molar-refractivity contribution in [2.75, 3.05) is 63.6 Å². The first-order chi connectivity index (χ1) is 19.0. The molecule has 2 aliphatic rings. The molecular weight excluding hydrogens is 529 g/mol. The second-order valence-electron chi connectivity index (χ2n) is 9.89. The number of hydrogen-bond acceptors (Lipinski definition) is 9. The van der Waals surface area contributed by atoms with Crippen molar-refractivity contribution in [3.63, 3.8) is 0 Å². The van der Waals surface area contributed by atoms with Gasteiger partial charge in [-0.25, -0.2) is 0 Å². The molecule has 2 fully saturated rings. The molecule has 2 aromatic carbocycles. The number of rotatable bonds is 7. The zero-order valence-corrected chi connectivity index (χ0v) is 21.7. The van der Waals surface area contributed by atoms with Gasteiger partial charge in [-0.05, 0) is 37.4 Å². The Hall–Kier alpha value is -4.17. The van der Waals surface area contributed by atoms with Crippen molar-refractivity contribution in [3.8, 4) is 22.8 Å². The first kappa shape index (κ1) is 27.4. The highest BCUT2D eigenvalue weighted by Crippen LogP contribution is 2.36. The lowest BCUT2D eigenvalue weighted by Crippen LogP contribution is -2.44. The summed E-state index contributed by atoms with van der Waals surface area (Å²) < 4.78 is 45.0. The van der Waals surface area contributed by atoms with Crippen LogP contribution in [0, 0.1) is 11.3 Å². The van der Waals surface area contributed by atoms with Gasteiger partial charge in [-0.15, -0.1) is 10.2 Å². The van der Waals surface area contributed by atoms with E-state index in [-0.39, 0.29) is 34.5 Å². The minimum atomic E-state index is -4.62. The largest absolute Gasteiger partial charge is 0.507 e. The Labute approximate surface area is 227 Å². The lowest BCUT2D eigenvalue weighted by Gasteiger charge is -2.34. The van der Waals surface area contributed by atoms with Crippen LogP contribution >= 0.6 is 0 Å². The molecular formula is C26H29F3N8O3. The summed E-state index contributed by atoms with van der Waals surface area (Å²) in [5, 5.41) is 29.1. The zero-order chi connectivity index (χ0) is 28.6. The van der Waals surface area contributed by atoms with Gasteiger partial charge in [-0.2, -0.15) is 13.2 Å². The van der Waals surface area contributed by atoms with E-state index in [2.05, 4.69) is 27.0 Å². The molecule has 0 spiro atoms. The molecule has 212 valence electrons. The molecule has 0 bridgehead atoms. The van der Waals surface area contributed by atoms with Crippen LogP contribution in [0.25, 0.3) is 17.1 Å². The first-order valence-electron chi connectivity index (χ1n) is 12.7. The van der Waals surface area contributed by atoms with Gasteiger partial charge in [0.2, 0.25) is 5.82 Å². The summed E-state index contributed by atoms with van der Waals surface area (Å²) >= 11 is 0. The number of aromatic hydroxyl groups is 1. The van der Waals surface area contributed by atoms with Gasteiger partial charge < -0.3 is 36.1 Å². The normalized spacial score (nSPS) is 16.6. The summed E-state index contributed by atoms with van der Waals surface area (Å²) in [4.78, 5) is 17.3. The Kier molecular flexibility index (Phi) is 7.38. The number of likely N-dealkylation sites (N-methyl/N-ethyl adjacent to an activating group) is 1. The van der Waals surface area contributed by atoms with Gasteiger partial charge in [0.15, 0.2) is 5.82 Å². The van der Waals surface area contributed by atoms with Crippen molar-refractivity contribution < 1.29 is 27.8 Å². The lowest BCUT2D eigenvalue weighted by molar-refractivity contribution is -0.123. The highest BCUT2D eigenvalue weighted by molar-refractivity contribution is 6.06. The summed E-state index contributed by atoms with van der Waals surface area (Å²) in [6.07, 6.45) is -4.62. The zero-order valence-electron chi connectivity index (χ0n) is 21.7. The molecule has 1 aromatic heterocycles. The summed E-state index contributed by atoms with van der Waals surface area (Å²) in [6, 6.07) is 9.87. The third-order valence-electron chi connectivity index (χ3n) is 7.04. The third kappa shape index (κ3) is 5.58. The monoisotopic (exact) mass is 558 g/mol. The SMILES string of the molecule is CN1CCN(c2ccc(-n3c(C(=O)NCC(F)(F)F)nnc3-c3cc(C(=N)C4COC4)c(N)cc3O)cc2)CC1. The van der Waals surface area contributed by atoms with E-state index in [9.17, 15) is 23.1 Å². The Balaban J connectivity index is 1.56. The van der Waals surface area contributed by atoms with Crippen LogP contribution in [0.2, 0.25) is 0 Å². The fraction of sp³-hybridized carbons (Fsp3) is 0.385. The van der Waals surface area contributed by atoms with E-state index in [0.29, 0.717) is 24.5 Å². The maximum atomic E-state index is 12.8. The summed E-state index contributed by atoms with van der Waals surface area (Å²) in [7, 11) is 2.05. The molecule has 0 aliphatic carbocycles. The van der Waals surface area contributed by atoms with Crippen molar-refractivity contribution in [3.05, 3.63) is 47.8 Å². The molecule has 3 heterocycles. The van der Waals surface area contributed by atoms with Crippen LogP contribution in [0.5, 0.6) is 5.75 Å². The van der Waals surface area contributed by atoms with Crippen LogP contribution in [0.1, 0.15) is 16.2 Å². The van der Waals surface area contributed by atoms with Gasteiger partial charge in [0, 0.05) is 66.5 Å². The predicted octanol–water partition coefficient (Wildman–Crippen LogP) is 2.28. The highest BCUT2D eigenvalue weighted by atomic mass is 19.4. The number of phenolic OH excluding ortho intramolecular Hbond substituents is 1. The van der Waals surface area contributed by atoms with Gasteiger partial charge in [0.1, 0.15) is 12.3 Å². The van der Waals surface area contributed by atoms with E-state index < -0.39 is 24.5 Å². The van der Waals surface area contributed by atoms with Crippen molar-refractivity contribution in [1.82, 2.24) is 25.0 Å². The summed E-state index contributed by atoms with van der Waals surface area (Å²) in [6.45, 7) is 2.66. The van der Waals surface area contributed by atoms with Crippen molar-refractivity contribution in [2.45, 2.75) is 6.18 Å². The first-order valence-corrected chi connectivity index (χ1v) is 12.7. The van der Waals surface area contributed by atoms with Crippen molar-refractivity contribution in [2.24, 2.45) is 5.92 Å². The molecule has 14 heteroatoms. The molecule has 11 nitrogen and oxygen atoms in total. The number of hydrogen-bond donors (Lipinski definition) is 4. The van der Waals surface area contributed by atoms with Crippen LogP contribution in [-0.2, 0) is 4.74 Å². The molecule has 0 unspecified atom stereocenters. The fourth-order valence-corrected chi connectivity index (χ4v) is 4.63. The number of halogens is 3. The molecule has 40 heavy (non-hydrogen) atoms. The Bertz CT molecular complexity index is 1410. The van der Waals surface area contributed by atoms with Crippen LogP contribution in [0.3, 0.4) is 0 Å². The molecule has 5 N–H and O–H groups in total. The summed E-state index contributed by atoms with van der Waals surface area (Å²) in [5.41, 5.74) is 8.30. The number of nitrogen functional groups attached to an aromatic ring is 1. The van der Waals surface area contributed by atoms with E-state index in [1.165, 1.54) is 16.7 Å². The van der Waals surface area contributed by atoms with Gasteiger partial charge in [0.05, 0.1) is 18.8 Å². The van der Waals surface area contributed by atoms with E-state index in [0.717, 1.165) is 31.9 Å². The number of amides is 1. The highest BCUT2D eigenvalue weighted by Gasteiger charge is 2.31. The molecule has 2 aliphatic heterocycles. The number of anilines is 2. The number of aromatic nitrogens is 3. The topological polar surface area (TPSA) is 146 Å². The maximum Gasteiger partial charge on any atom is 0.405 e. The van der Waals surface area contributed by atoms with E-state index >= 15 is 0 Å². The predicted molar refractivity (Wildman–Crippen MR) is 142 cm³/mol. The average molecular weight is 559 g/mol. The number of benzene rings is 2. The number of carbonyl (C=O) groups excluding carboxylic acids is 1. The number of phenols is 1. The van der Waals surface area contributed by atoms with E-state index in [4.69, 9.17) is 15.9 Å². The molecule has 2 saturated heterocycles. The van der Waals surface area contributed by atoms with Crippen LogP contribution in [-0.4, -0.2) is 95.6 Å². The lowest BCUT2D eigenvalue weighted by atomic mass is 9.92. The average Bonchev–Trinajstić information content (AvgIpc) is 3.31. The number of ether oxygens (including phenoxy) is 1. The van der Waals surface area contributed by atoms with E-state index in [1.54, 1.807) is 12.1 Å². The number of alkyl halides is 3. The van der Waals surface area contributed by atoms with Gasteiger partial charge in [0.25, 0.3) is 5.91 Å². The second-order valence-corrected chi connectivity index (χ2v) is 9.89. The molecule has 0 atom stereocenters. The molecule has 3 aromatic rings. The Morgan fingerprint density at radius 1 is 1.12 bits per heavy atom. The van der Waals surface area contributed by atoms with E-state index in [1.807, 2.05) is 17.4 Å². The molecule has 0 saturated carbocycles. The second kappa shape index (κ2) is 10.8. The van der Waals surface area contributed by atoms with Crippen molar-refractivity contribution >= 4 is 23.0 Å². The standard InChI is InChI=1S/C26H29F3N8O3/c1-35-6-8-36(9-7-35)16-2-4-17(5-3-16)37-23(33-34-24(37)25(39)32-14-26(27,28)29)19-10-18(20(30)11-21(19)38)22(31)15-12-40-13-15/h2-5,10-11,15,31,38H,6-9,12-14,30H2,1H3,(H,32,39). The van der Waals surface area contributed by atoms with Crippen molar-refractivity contribution in [1.29, 1.82) is 5.41 Å². The number of nitrogens with zero attached hydrogens (tertiary/aromatic N) is 5. The number of piperazine rings is 1. The third-order valence-corrected chi connectivity index (χ3v) is 7.04. The van der Waals surface area contributed by atoms with Gasteiger partial charge in [-0.3, -0.25) is 9.36 Å². The minimum Gasteiger partial charge on any atom is -0.507 e. The molecule has 5 rings (SSSR count). The Morgan fingerprint density at radius 2 is 1.77 bits per heavy atom. The number of carbonyl (C=O) groups is 1. The van der Waals surface area contributed by atoms with Gasteiger partial charge in [-0.1, -0.05) is 0 Å². The number of nitrogens with two attached hydrogens (primary N) is 1. The molecule has 1 amide bonds. The number of nitrogens with one attached hydrogen (secondary N) is 2.